The van der Waals surface area contributed by atoms with Gasteiger partial charge in [0.25, 0.3) is 0 Å². The minimum absolute atomic E-state index is 0.219. The number of benzene rings is 3. The van der Waals surface area contributed by atoms with Crippen molar-refractivity contribution in [2.75, 3.05) is 6.61 Å². The lowest BCUT2D eigenvalue weighted by atomic mass is 10.1. The molecule has 0 spiro atoms. The summed E-state index contributed by atoms with van der Waals surface area (Å²) in [6, 6.07) is 30.4. The van der Waals surface area contributed by atoms with E-state index in [1.165, 1.54) is 0 Å². The lowest BCUT2D eigenvalue weighted by Crippen LogP contribution is -2.45. The first kappa shape index (κ1) is 21.3. The molecule has 1 aliphatic heterocycles. The van der Waals surface area contributed by atoms with E-state index in [9.17, 15) is 0 Å². The lowest BCUT2D eigenvalue weighted by Gasteiger charge is -2.34. The molecule has 0 N–H and O–H groups in total. The second-order valence-corrected chi connectivity index (χ2v) is 7.53. The molecule has 3 unspecified atom stereocenters. The van der Waals surface area contributed by atoms with E-state index in [1.807, 2.05) is 60.7 Å². The van der Waals surface area contributed by atoms with Gasteiger partial charge in [0.1, 0.15) is 18.3 Å². The number of rotatable bonds is 10. The van der Waals surface area contributed by atoms with Gasteiger partial charge in [0.05, 0.1) is 32.7 Å². The Labute approximate surface area is 184 Å². The van der Waals surface area contributed by atoms with Crippen LogP contribution in [0.3, 0.4) is 0 Å². The minimum atomic E-state index is -0.273. The Kier molecular flexibility index (Phi) is 7.88. The first-order chi connectivity index (χ1) is 15.4. The maximum absolute atomic E-state index is 6.30. The van der Waals surface area contributed by atoms with Crippen LogP contribution in [0, 0.1) is 0 Å². The summed E-state index contributed by atoms with van der Waals surface area (Å²) >= 11 is 0. The molecular weight excluding hydrogens is 388 g/mol. The van der Waals surface area contributed by atoms with Crippen LogP contribution in [0.4, 0.5) is 0 Å². The van der Waals surface area contributed by atoms with E-state index in [-0.39, 0.29) is 18.3 Å². The second-order valence-electron chi connectivity index (χ2n) is 7.53. The quantitative estimate of drug-likeness (QED) is 0.450. The normalized spacial score (nSPS) is 20.3. The van der Waals surface area contributed by atoms with Gasteiger partial charge in [-0.1, -0.05) is 91.0 Å². The third kappa shape index (κ3) is 6.53. The van der Waals surface area contributed by atoms with Gasteiger partial charge in [0, 0.05) is 0 Å². The Morgan fingerprint density at radius 2 is 1.13 bits per heavy atom. The van der Waals surface area contributed by atoms with Crippen molar-refractivity contribution >= 4 is 0 Å². The minimum Gasteiger partial charge on any atom is -0.493 e. The highest BCUT2D eigenvalue weighted by Gasteiger charge is 2.34. The molecule has 4 nitrogen and oxygen atoms in total. The van der Waals surface area contributed by atoms with Gasteiger partial charge in [0.15, 0.2) is 0 Å². The fourth-order valence-electron chi connectivity index (χ4n) is 3.51. The van der Waals surface area contributed by atoms with E-state index in [2.05, 4.69) is 36.4 Å². The SMILES string of the molecule is C1=CC(OCc2ccccc2)C(OCc2ccccc2)C(COCc2ccccc2)O1. The van der Waals surface area contributed by atoms with Crippen LogP contribution >= 0.6 is 0 Å². The number of hydrogen-bond acceptors (Lipinski definition) is 4. The summed E-state index contributed by atoms with van der Waals surface area (Å²) in [7, 11) is 0. The smallest absolute Gasteiger partial charge is 0.150 e. The molecule has 0 bridgehead atoms. The van der Waals surface area contributed by atoms with Crippen LogP contribution in [-0.4, -0.2) is 24.9 Å². The summed E-state index contributed by atoms with van der Waals surface area (Å²) in [5.74, 6) is 0. The highest BCUT2D eigenvalue weighted by molar-refractivity contribution is 5.15. The van der Waals surface area contributed by atoms with Crippen molar-refractivity contribution in [1.29, 1.82) is 0 Å². The number of ether oxygens (including phenoxy) is 4. The zero-order chi connectivity index (χ0) is 21.1. The van der Waals surface area contributed by atoms with Gasteiger partial charge in [-0.15, -0.1) is 0 Å². The monoisotopic (exact) mass is 416 g/mol. The standard InChI is InChI=1S/C27H28O4/c1-4-10-22(11-5-1)18-28-21-26-27(31-20-24-14-8-3-9-15-24)25(16-17-29-26)30-19-23-12-6-2-7-13-23/h1-17,25-27H,18-21H2. The third-order valence-corrected chi connectivity index (χ3v) is 5.18. The Bertz CT molecular complexity index is 912. The van der Waals surface area contributed by atoms with Gasteiger partial charge in [-0.2, -0.15) is 0 Å². The average Bonchev–Trinajstić information content (AvgIpc) is 2.84. The Morgan fingerprint density at radius 3 is 1.71 bits per heavy atom. The van der Waals surface area contributed by atoms with Crippen molar-refractivity contribution in [3.8, 4) is 0 Å². The van der Waals surface area contributed by atoms with Crippen LogP contribution in [0.15, 0.2) is 103 Å². The van der Waals surface area contributed by atoms with E-state index in [0.717, 1.165) is 16.7 Å². The van der Waals surface area contributed by atoms with Crippen LogP contribution in [0.5, 0.6) is 0 Å². The predicted octanol–water partition coefficient (Wildman–Crippen LogP) is 5.29. The number of hydrogen-bond donors (Lipinski definition) is 0. The first-order valence-corrected chi connectivity index (χ1v) is 10.6. The lowest BCUT2D eigenvalue weighted by molar-refractivity contribution is -0.147. The Balaban J connectivity index is 1.39. The van der Waals surface area contributed by atoms with Gasteiger partial charge in [-0.3, -0.25) is 0 Å². The molecule has 4 rings (SSSR count). The van der Waals surface area contributed by atoms with Crippen molar-refractivity contribution in [2.45, 2.75) is 38.1 Å². The van der Waals surface area contributed by atoms with Crippen LogP contribution in [0.2, 0.25) is 0 Å². The summed E-state index contributed by atoms with van der Waals surface area (Å²) in [5.41, 5.74) is 3.37. The zero-order valence-electron chi connectivity index (χ0n) is 17.5. The van der Waals surface area contributed by atoms with Crippen molar-refractivity contribution < 1.29 is 18.9 Å². The molecule has 0 aromatic heterocycles. The topological polar surface area (TPSA) is 36.9 Å². The van der Waals surface area contributed by atoms with Crippen LogP contribution in [0.25, 0.3) is 0 Å². The molecule has 31 heavy (non-hydrogen) atoms. The van der Waals surface area contributed by atoms with Crippen LogP contribution < -0.4 is 0 Å². The fraction of sp³-hybridized carbons (Fsp3) is 0.259. The second kappa shape index (κ2) is 11.5. The van der Waals surface area contributed by atoms with Crippen LogP contribution in [0.1, 0.15) is 16.7 Å². The molecule has 0 saturated heterocycles. The van der Waals surface area contributed by atoms with Crippen molar-refractivity contribution in [2.24, 2.45) is 0 Å². The van der Waals surface area contributed by atoms with Crippen LogP contribution in [-0.2, 0) is 38.8 Å². The van der Waals surface area contributed by atoms with Gasteiger partial charge in [-0.05, 0) is 22.8 Å². The summed E-state index contributed by atoms with van der Waals surface area (Å²) in [4.78, 5) is 0. The summed E-state index contributed by atoms with van der Waals surface area (Å²) in [6.45, 7) is 1.96. The van der Waals surface area contributed by atoms with Gasteiger partial charge >= 0.3 is 0 Å². The van der Waals surface area contributed by atoms with E-state index in [0.29, 0.717) is 26.4 Å². The highest BCUT2D eigenvalue weighted by Crippen LogP contribution is 2.22. The summed E-state index contributed by atoms with van der Waals surface area (Å²) in [5, 5.41) is 0. The zero-order valence-corrected chi connectivity index (χ0v) is 17.5. The molecule has 0 radical (unpaired) electrons. The molecule has 3 aromatic rings. The predicted molar refractivity (Wildman–Crippen MR) is 120 cm³/mol. The summed E-state index contributed by atoms with van der Waals surface area (Å²) < 4.78 is 24.4. The van der Waals surface area contributed by atoms with Crippen molar-refractivity contribution in [3.05, 3.63) is 120 Å². The summed E-state index contributed by atoms with van der Waals surface area (Å²) in [6.07, 6.45) is 2.88. The molecule has 4 heteroatoms. The van der Waals surface area contributed by atoms with Gasteiger partial charge in [-0.25, -0.2) is 0 Å². The Morgan fingerprint density at radius 1 is 0.613 bits per heavy atom. The van der Waals surface area contributed by atoms with Crippen molar-refractivity contribution in [1.82, 2.24) is 0 Å². The first-order valence-electron chi connectivity index (χ1n) is 10.6. The van der Waals surface area contributed by atoms with E-state index in [1.54, 1.807) is 6.26 Å². The largest absolute Gasteiger partial charge is 0.493 e. The fourth-order valence-corrected chi connectivity index (χ4v) is 3.51. The molecule has 1 aliphatic rings. The molecule has 0 saturated carbocycles. The molecular formula is C27H28O4. The third-order valence-electron chi connectivity index (χ3n) is 5.18. The van der Waals surface area contributed by atoms with E-state index < -0.39 is 0 Å². The maximum Gasteiger partial charge on any atom is 0.150 e. The molecule has 0 aliphatic carbocycles. The van der Waals surface area contributed by atoms with Gasteiger partial charge in [0.2, 0.25) is 0 Å². The average molecular weight is 417 g/mol. The van der Waals surface area contributed by atoms with Crippen molar-refractivity contribution in [3.63, 3.8) is 0 Å². The molecule has 0 amide bonds. The molecule has 0 fully saturated rings. The molecule has 3 atom stereocenters. The van der Waals surface area contributed by atoms with Gasteiger partial charge < -0.3 is 18.9 Å². The highest BCUT2D eigenvalue weighted by atomic mass is 16.6. The maximum atomic E-state index is 6.30. The molecule has 1 heterocycles. The van der Waals surface area contributed by atoms with E-state index in [4.69, 9.17) is 18.9 Å². The van der Waals surface area contributed by atoms with E-state index >= 15 is 0 Å². The molecule has 160 valence electrons. The Hall–Kier alpha value is -2.92. The molecule has 3 aromatic carbocycles.